The van der Waals surface area contributed by atoms with E-state index in [-0.39, 0.29) is 12.3 Å². The topological polar surface area (TPSA) is 89.7 Å². The van der Waals surface area contributed by atoms with Crippen LogP contribution in [0, 0.1) is 13.8 Å². The van der Waals surface area contributed by atoms with Crippen molar-refractivity contribution in [2.24, 2.45) is 0 Å². The molecule has 0 N–H and O–H groups in total. The van der Waals surface area contributed by atoms with Crippen molar-refractivity contribution in [2.75, 3.05) is 20.4 Å². The number of esters is 1. The molecule has 0 aliphatic rings. The van der Waals surface area contributed by atoms with Gasteiger partial charge < -0.3 is 9.64 Å². The van der Waals surface area contributed by atoms with Crippen LogP contribution in [0.3, 0.4) is 0 Å². The molecule has 3 aromatic rings. The Morgan fingerprint density at radius 1 is 1.17 bits per heavy atom. The van der Waals surface area contributed by atoms with Crippen LogP contribution in [0.15, 0.2) is 35.5 Å². The number of rotatable bonds is 6. The third kappa shape index (κ3) is 4.40. The Bertz CT molecular complexity index is 1050. The fraction of sp³-hybridized carbons (Fsp3) is 0.350. The Kier molecular flexibility index (Phi) is 6.17. The van der Waals surface area contributed by atoms with E-state index in [4.69, 9.17) is 4.74 Å². The monoisotopic (exact) mass is 413 g/mol. The van der Waals surface area contributed by atoms with Crippen LogP contribution in [0.2, 0.25) is 0 Å². The zero-order valence-corrected chi connectivity index (χ0v) is 17.9. The van der Waals surface area contributed by atoms with E-state index in [0.29, 0.717) is 27.8 Å². The first-order chi connectivity index (χ1) is 13.8. The number of benzene rings is 1. The van der Waals surface area contributed by atoms with Crippen molar-refractivity contribution < 1.29 is 14.3 Å². The molecule has 9 heteroatoms. The summed E-state index contributed by atoms with van der Waals surface area (Å²) in [5.74, 6) is -0.314. The maximum atomic E-state index is 12.8. The van der Waals surface area contributed by atoms with Crippen LogP contribution in [-0.2, 0) is 20.7 Å². The quantitative estimate of drug-likeness (QED) is 0.453. The Morgan fingerprint density at radius 2 is 1.86 bits per heavy atom. The number of hydrogen-bond donors (Lipinski definition) is 0. The molecule has 0 spiro atoms. The lowest BCUT2D eigenvalue weighted by molar-refractivity contribution is -0.159. The van der Waals surface area contributed by atoms with Crippen LogP contribution >= 0.6 is 11.8 Å². The SMILES string of the molecule is CSc1nc2nc(C)c(CC(=O)O[C@@H](C(=O)N(C)C)c3ccccc3)c(C)n2n1. The van der Waals surface area contributed by atoms with E-state index < -0.39 is 12.1 Å². The Hall–Kier alpha value is -2.94. The number of fused-ring (bicyclic) bond motifs is 1. The first kappa shape index (κ1) is 20.8. The summed E-state index contributed by atoms with van der Waals surface area (Å²) in [6.07, 6.45) is 0.880. The van der Waals surface area contributed by atoms with Crippen LogP contribution in [0.4, 0.5) is 0 Å². The van der Waals surface area contributed by atoms with Crippen molar-refractivity contribution in [3.63, 3.8) is 0 Å². The number of carbonyl (C=O) groups is 2. The van der Waals surface area contributed by atoms with Crippen molar-refractivity contribution in [1.29, 1.82) is 0 Å². The van der Waals surface area contributed by atoms with Crippen molar-refractivity contribution in [1.82, 2.24) is 24.5 Å². The predicted octanol–water partition coefficient (Wildman–Crippen LogP) is 2.38. The Balaban J connectivity index is 1.87. The second-order valence-corrected chi connectivity index (χ2v) is 7.53. The number of ether oxygens (including phenoxy) is 1. The van der Waals surface area contributed by atoms with Gasteiger partial charge in [0.15, 0.2) is 0 Å². The average molecular weight is 414 g/mol. The number of carbonyl (C=O) groups excluding carboxylic acids is 2. The number of likely N-dealkylation sites (N-methyl/N-ethyl adjacent to an activating group) is 1. The van der Waals surface area contributed by atoms with Crippen LogP contribution in [-0.4, -0.2) is 56.7 Å². The molecule has 0 unspecified atom stereocenters. The molecular weight excluding hydrogens is 390 g/mol. The smallest absolute Gasteiger partial charge is 0.311 e. The molecule has 0 bridgehead atoms. The second-order valence-electron chi connectivity index (χ2n) is 6.76. The maximum Gasteiger partial charge on any atom is 0.311 e. The summed E-state index contributed by atoms with van der Waals surface area (Å²) in [6.45, 7) is 3.69. The summed E-state index contributed by atoms with van der Waals surface area (Å²) < 4.78 is 7.23. The van der Waals surface area contributed by atoms with Gasteiger partial charge in [-0.3, -0.25) is 9.59 Å². The Labute approximate surface area is 173 Å². The minimum Gasteiger partial charge on any atom is -0.447 e. The van der Waals surface area contributed by atoms with Crippen LogP contribution < -0.4 is 0 Å². The van der Waals surface area contributed by atoms with Gasteiger partial charge in [0.2, 0.25) is 11.3 Å². The largest absolute Gasteiger partial charge is 0.447 e. The Morgan fingerprint density at radius 3 is 2.48 bits per heavy atom. The lowest BCUT2D eigenvalue weighted by Gasteiger charge is -2.21. The van der Waals surface area contributed by atoms with Crippen molar-refractivity contribution in [3.8, 4) is 0 Å². The molecule has 2 heterocycles. The minimum atomic E-state index is -0.995. The minimum absolute atomic E-state index is 0.0148. The van der Waals surface area contributed by atoms with Gasteiger partial charge in [-0.2, -0.15) is 4.98 Å². The summed E-state index contributed by atoms with van der Waals surface area (Å²) in [6, 6.07) is 8.99. The standard InChI is InChI=1S/C20H23N5O3S/c1-12-15(13(2)25-19(21-12)22-20(23-25)29-5)11-16(26)28-17(18(27)24(3)4)14-9-7-6-8-10-14/h6-10,17H,11H2,1-5H3/t17-/m1/s1. The van der Waals surface area contributed by atoms with E-state index in [2.05, 4.69) is 15.1 Å². The molecule has 0 radical (unpaired) electrons. The maximum absolute atomic E-state index is 12.8. The van der Waals surface area contributed by atoms with E-state index in [0.717, 1.165) is 5.69 Å². The van der Waals surface area contributed by atoms with E-state index in [1.165, 1.54) is 16.7 Å². The van der Waals surface area contributed by atoms with E-state index in [1.54, 1.807) is 42.9 Å². The molecule has 2 aromatic heterocycles. The molecule has 1 atom stereocenters. The van der Waals surface area contributed by atoms with Gasteiger partial charge in [-0.25, -0.2) is 9.50 Å². The van der Waals surface area contributed by atoms with Gasteiger partial charge in [0.05, 0.1) is 6.42 Å². The molecule has 29 heavy (non-hydrogen) atoms. The number of aromatic nitrogens is 4. The highest BCUT2D eigenvalue weighted by Crippen LogP contribution is 2.22. The highest BCUT2D eigenvalue weighted by Gasteiger charge is 2.27. The molecule has 152 valence electrons. The first-order valence-corrected chi connectivity index (χ1v) is 10.3. The number of aryl methyl sites for hydroxylation is 2. The van der Waals surface area contributed by atoms with E-state index >= 15 is 0 Å². The summed E-state index contributed by atoms with van der Waals surface area (Å²) in [7, 11) is 3.26. The van der Waals surface area contributed by atoms with E-state index in [1.807, 2.05) is 26.2 Å². The fourth-order valence-electron chi connectivity index (χ4n) is 2.97. The average Bonchev–Trinajstić information content (AvgIpc) is 3.12. The third-order valence-electron chi connectivity index (χ3n) is 4.55. The highest BCUT2D eigenvalue weighted by atomic mass is 32.2. The molecule has 0 aliphatic heterocycles. The first-order valence-electron chi connectivity index (χ1n) is 9.04. The van der Waals surface area contributed by atoms with Crippen LogP contribution in [0.25, 0.3) is 5.78 Å². The molecular formula is C20H23N5O3S. The lowest BCUT2D eigenvalue weighted by Crippen LogP contribution is -2.31. The van der Waals surface area contributed by atoms with Gasteiger partial charge in [0.1, 0.15) is 0 Å². The van der Waals surface area contributed by atoms with Gasteiger partial charge >= 0.3 is 5.97 Å². The van der Waals surface area contributed by atoms with Crippen LogP contribution in [0.5, 0.6) is 0 Å². The second kappa shape index (κ2) is 8.60. The molecule has 0 aliphatic carbocycles. The highest BCUT2D eigenvalue weighted by molar-refractivity contribution is 7.98. The summed E-state index contributed by atoms with van der Waals surface area (Å²) in [5.41, 5.74) is 2.79. The predicted molar refractivity (Wildman–Crippen MR) is 110 cm³/mol. The molecule has 0 saturated heterocycles. The third-order valence-corrected chi connectivity index (χ3v) is 5.09. The van der Waals surface area contributed by atoms with Gasteiger partial charge in [-0.05, 0) is 20.1 Å². The number of thioether (sulfide) groups is 1. The van der Waals surface area contributed by atoms with E-state index in [9.17, 15) is 9.59 Å². The molecule has 0 fully saturated rings. The van der Waals surface area contributed by atoms with Crippen molar-refractivity contribution in [3.05, 3.63) is 52.8 Å². The number of amides is 1. The fourth-order valence-corrected chi connectivity index (χ4v) is 3.31. The summed E-state index contributed by atoms with van der Waals surface area (Å²) in [4.78, 5) is 35.5. The van der Waals surface area contributed by atoms with Crippen LogP contribution in [0.1, 0.15) is 28.6 Å². The zero-order chi connectivity index (χ0) is 21.1. The molecule has 1 aromatic carbocycles. The van der Waals surface area contributed by atoms with Crippen molar-refractivity contribution >= 4 is 29.4 Å². The molecule has 8 nitrogen and oxygen atoms in total. The number of nitrogens with zero attached hydrogens (tertiary/aromatic N) is 5. The molecule has 0 saturated carbocycles. The number of hydrogen-bond acceptors (Lipinski definition) is 7. The van der Waals surface area contributed by atoms with Gasteiger partial charge in [0.25, 0.3) is 11.7 Å². The molecule has 3 rings (SSSR count). The summed E-state index contributed by atoms with van der Waals surface area (Å²) in [5, 5.41) is 5.00. The normalized spacial score (nSPS) is 12.0. The van der Waals surface area contributed by atoms with Gasteiger partial charge in [-0.15, -0.1) is 5.10 Å². The molecule has 1 amide bonds. The summed E-state index contributed by atoms with van der Waals surface area (Å²) >= 11 is 1.42. The lowest BCUT2D eigenvalue weighted by atomic mass is 10.1. The van der Waals surface area contributed by atoms with Gasteiger partial charge in [0, 0.05) is 36.6 Å². The van der Waals surface area contributed by atoms with Gasteiger partial charge in [-0.1, -0.05) is 42.1 Å². The zero-order valence-electron chi connectivity index (χ0n) is 17.0. The van der Waals surface area contributed by atoms with Crippen molar-refractivity contribution in [2.45, 2.75) is 31.5 Å².